The summed E-state index contributed by atoms with van der Waals surface area (Å²) in [5, 5.41) is 6.52. The highest BCUT2D eigenvalue weighted by Crippen LogP contribution is 2.10. The Morgan fingerprint density at radius 1 is 1.25 bits per heavy atom. The largest absolute Gasteiger partial charge is 0.383 e. The highest BCUT2D eigenvalue weighted by atomic mass is 16.5. The van der Waals surface area contributed by atoms with Crippen LogP contribution in [0.25, 0.3) is 0 Å². The molecule has 0 saturated carbocycles. The minimum Gasteiger partial charge on any atom is -0.383 e. The minimum atomic E-state index is 0.666. The van der Waals surface area contributed by atoms with E-state index in [4.69, 9.17) is 9.47 Å². The third kappa shape index (κ3) is 6.86. The molecule has 0 unspecified atom stereocenters. The zero-order chi connectivity index (χ0) is 17.0. The SMILES string of the molecule is CCNC(=NCc1cccc(CN2CCOCC2)c1)NCCOC. The van der Waals surface area contributed by atoms with Gasteiger partial charge in [-0.1, -0.05) is 24.3 Å². The number of hydrogen-bond donors (Lipinski definition) is 2. The Morgan fingerprint density at radius 3 is 2.79 bits per heavy atom. The lowest BCUT2D eigenvalue weighted by atomic mass is 10.1. The zero-order valence-electron chi connectivity index (χ0n) is 14.9. The summed E-state index contributed by atoms with van der Waals surface area (Å²) in [4.78, 5) is 7.08. The lowest BCUT2D eigenvalue weighted by Crippen LogP contribution is -2.38. The summed E-state index contributed by atoms with van der Waals surface area (Å²) in [7, 11) is 1.70. The van der Waals surface area contributed by atoms with Gasteiger partial charge in [0, 0.05) is 39.8 Å². The average Bonchev–Trinajstić information content (AvgIpc) is 2.61. The summed E-state index contributed by atoms with van der Waals surface area (Å²) in [6.07, 6.45) is 0. The number of morpholine rings is 1. The average molecular weight is 334 g/mol. The van der Waals surface area contributed by atoms with Crippen molar-refractivity contribution in [1.29, 1.82) is 0 Å². The van der Waals surface area contributed by atoms with Crippen molar-refractivity contribution in [3.63, 3.8) is 0 Å². The smallest absolute Gasteiger partial charge is 0.191 e. The van der Waals surface area contributed by atoms with Gasteiger partial charge in [-0.15, -0.1) is 0 Å². The zero-order valence-corrected chi connectivity index (χ0v) is 14.9. The number of ether oxygens (including phenoxy) is 2. The number of hydrogen-bond acceptors (Lipinski definition) is 4. The fourth-order valence-corrected chi connectivity index (χ4v) is 2.63. The molecule has 2 N–H and O–H groups in total. The molecule has 1 saturated heterocycles. The maximum atomic E-state index is 5.41. The molecule has 1 aromatic carbocycles. The van der Waals surface area contributed by atoms with Crippen molar-refractivity contribution in [3.05, 3.63) is 35.4 Å². The van der Waals surface area contributed by atoms with Gasteiger partial charge in [-0.2, -0.15) is 0 Å². The van der Waals surface area contributed by atoms with Gasteiger partial charge in [0.05, 0.1) is 26.4 Å². The van der Waals surface area contributed by atoms with Gasteiger partial charge in [0.2, 0.25) is 0 Å². The fourth-order valence-electron chi connectivity index (χ4n) is 2.63. The Hall–Kier alpha value is -1.63. The fraction of sp³-hybridized carbons (Fsp3) is 0.611. The normalized spacial score (nSPS) is 16.2. The summed E-state index contributed by atoms with van der Waals surface area (Å²) >= 11 is 0. The van der Waals surface area contributed by atoms with Gasteiger partial charge in [0.1, 0.15) is 0 Å². The Morgan fingerprint density at radius 2 is 2.04 bits per heavy atom. The van der Waals surface area contributed by atoms with Gasteiger partial charge in [-0.3, -0.25) is 4.90 Å². The second-order valence-corrected chi connectivity index (χ2v) is 5.82. The van der Waals surface area contributed by atoms with Gasteiger partial charge in [0.25, 0.3) is 0 Å². The molecule has 1 heterocycles. The van der Waals surface area contributed by atoms with Crippen molar-refractivity contribution < 1.29 is 9.47 Å². The minimum absolute atomic E-state index is 0.666. The van der Waals surface area contributed by atoms with Crippen LogP contribution in [0, 0.1) is 0 Å². The van der Waals surface area contributed by atoms with Crippen LogP contribution in [0.15, 0.2) is 29.3 Å². The van der Waals surface area contributed by atoms with Crippen LogP contribution in [0.5, 0.6) is 0 Å². The third-order valence-corrected chi connectivity index (χ3v) is 3.86. The second-order valence-electron chi connectivity index (χ2n) is 5.82. The monoisotopic (exact) mass is 334 g/mol. The van der Waals surface area contributed by atoms with Crippen molar-refractivity contribution in [2.45, 2.75) is 20.0 Å². The van der Waals surface area contributed by atoms with Crippen LogP contribution < -0.4 is 10.6 Å². The van der Waals surface area contributed by atoms with Crippen molar-refractivity contribution in [2.75, 3.05) is 53.1 Å². The predicted octanol–water partition coefficient (Wildman–Crippen LogP) is 1.22. The number of aliphatic imine (C=N–C) groups is 1. The van der Waals surface area contributed by atoms with Crippen LogP contribution in [0.1, 0.15) is 18.1 Å². The highest BCUT2D eigenvalue weighted by molar-refractivity contribution is 5.79. The standard InChI is InChI=1S/C18H30N4O2/c1-3-19-18(20-7-10-23-2)21-14-16-5-4-6-17(13-16)15-22-8-11-24-12-9-22/h4-6,13H,3,7-12,14-15H2,1-2H3,(H2,19,20,21). The van der Waals surface area contributed by atoms with E-state index in [0.29, 0.717) is 13.2 Å². The molecule has 0 amide bonds. The van der Waals surface area contributed by atoms with Crippen LogP contribution in [-0.4, -0.2) is 64.0 Å². The first-order chi connectivity index (χ1) is 11.8. The van der Waals surface area contributed by atoms with Crippen molar-refractivity contribution in [3.8, 4) is 0 Å². The van der Waals surface area contributed by atoms with E-state index in [9.17, 15) is 0 Å². The first-order valence-electron chi connectivity index (χ1n) is 8.71. The molecule has 0 aliphatic carbocycles. The molecule has 134 valence electrons. The number of nitrogens with one attached hydrogen (secondary N) is 2. The van der Waals surface area contributed by atoms with Gasteiger partial charge < -0.3 is 20.1 Å². The molecule has 6 nitrogen and oxygen atoms in total. The van der Waals surface area contributed by atoms with Gasteiger partial charge in [-0.05, 0) is 18.1 Å². The van der Waals surface area contributed by atoms with Crippen LogP contribution >= 0.6 is 0 Å². The first-order valence-corrected chi connectivity index (χ1v) is 8.71. The van der Waals surface area contributed by atoms with Crippen molar-refractivity contribution in [1.82, 2.24) is 15.5 Å². The molecule has 24 heavy (non-hydrogen) atoms. The maximum Gasteiger partial charge on any atom is 0.191 e. The Kier molecular flexibility index (Phi) is 8.59. The van der Waals surface area contributed by atoms with Crippen LogP contribution in [0.2, 0.25) is 0 Å². The maximum absolute atomic E-state index is 5.41. The number of methoxy groups -OCH3 is 1. The number of rotatable bonds is 8. The molecule has 6 heteroatoms. The Balaban J connectivity index is 1.90. The molecule has 1 aliphatic heterocycles. The van der Waals surface area contributed by atoms with Crippen LogP contribution in [-0.2, 0) is 22.6 Å². The van der Waals surface area contributed by atoms with E-state index >= 15 is 0 Å². The van der Waals surface area contributed by atoms with Crippen LogP contribution in [0.4, 0.5) is 0 Å². The summed E-state index contributed by atoms with van der Waals surface area (Å²) in [6.45, 7) is 9.66. The number of nitrogens with zero attached hydrogens (tertiary/aromatic N) is 2. The van der Waals surface area contributed by atoms with E-state index in [0.717, 1.165) is 51.9 Å². The van der Waals surface area contributed by atoms with Crippen molar-refractivity contribution in [2.24, 2.45) is 4.99 Å². The lowest BCUT2D eigenvalue weighted by molar-refractivity contribution is 0.0342. The number of guanidine groups is 1. The molecule has 1 aromatic rings. The van der Waals surface area contributed by atoms with E-state index in [1.165, 1.54) is 11.1 Å². The van der Waals surface area contributed by atoms with E-state index in [1.807, 2.05) is 0 Å². The molecule has 0 aromatic heterocycles. The number of benzene rings is 1. The molecule has 1 fully saturated rings. The second kappa shape index (κ2) is 11.0. The molecule has 0 atom stereocenters. The first kappa shape index (κ1) is 18.7. The highest BCUT2D eigenvalue weighted by Gasteiger charge is 2.10. The van der Waals surface area contributed by atoms with Gasteiger partial charge in [-0.25, -0.2) is 4.99 Å². The van der Waals surface area contributed by atoms with E-state index in [1.54, 1.807) is 7.11 Å². The molecule has 0 spiro atoms. The van der Waals surface area contributed by atoms with Crippen molar-refractivity contribution >= 4 is 5.96 Å². The quantitative estimate of drug-likeness (QED) is 0.425. The van der Waals surface area contributed by atoms with Crippen LogP contribution in [0.3, 0.4) is 0 Å². The molecule has 0 bridgehead atoms. The van der Waals surface area contributed by atoms with E-state index in [-0.39, 0.29) is 0 Å². The predicted molar refractivity (Wildman–Crippen MR) is 97.2 cm³/mol. The lowest BCUT2D eigenvalue weighted by Gasteiger charge is -2.26. The summed E-state index contributed by atoms with van der Waals surface area (Å²) in [6, 6.07) is 8.68. The molecular formula is C18H30N4O2. The Labute approximate surface area is 145 Å². The Bertz CT molecular complexity index is 502. The van der Waals surface area contributed by atoms with Gasteiger partial charge in [0.15, 0.2) is 5.96 Å². The molecule has 0 radical (unpaired) electrons. The van der Waals surface area contributed by atoms with E-state index in [2.05, 4.69) is 51.7 Å². The van der Waals surface area contributed by atoms with E-state index < -0.39 is 0 Å². The summed E-state index contributed by atoms with van der Waals surface area (Å²) in [5.41, 5.74) is 2.56. The molecule has 1 aliphatic rings. The summed E-state index contributed by atoms with van der Waals surface area (Å²) in [5.74, 6) is 0.827. The molecular weight excluding hydrogens is 304 g/mol. The topological polar surface area (TPSA) is 58.1 Å². The molecule has 2 rings (SSSR count). The van der Waals surface area contributed by atoms with Gasteiger partial charge >= 0.3 is 0 Å². The third-order valence-electron chi connectivity index (χ3n) is 3.86. The summed E-state index contributed by atoms with van der Waals surface area (Å²) < 4.78 is 10.5.